The van der Waals surface area contributed by atoms with E-state index in [9.17, 15) is 0 Å². The Kier molecular flexibility index (Phi) is 4.18. The number of hydrogen-bond donors (Lipinski definition) is 1. The normalized spacial score (nSPS) is 14.7. The molecule has 0 amide bonds. The molecule has 0 saturated heterocycles. The molecule has 0 aliphatic heterocycles. The first-order valence-corrected chi connectivity index (χ1v) is 6.55. The number of rotatable bonds is 7. The van der Waals surface area contributed by atoms with Crippen molar-refractivity contribution in [1.29, 1.82) is 0 Å². The highest BCUT2D eigenvalue weighted by atomic mass is 16.5. The molecule has 0 radical (unpaired) electrons. The molecular weight excluding hydrogens is 214 g/mol. The topological polar surface area (TPSA) is 47.0 Å². The van der Waals surface area contributed by atoms with Crippen LogP contribution in [0.4, 0.5) is 5.82 Å². The van der Waals surface area contributed by atoms with Crippen molar-refractivity contribution in [2.45, 2.75) is 39.5 Å². The monoisotopic (exact) mass is 235 g/mol. The number of nitrogens with zero attached hydrogens (tertiary/aromatic N) is 2. The lowest BCUT2D eigenvalue weighted by atomic mass is 10.1. The van der Waals surface area contributed by atoms with Crippen LogP contribution in [-0.2, 0) is 6.42 Å². The van der Waals surface area contributed by atoms with Gasteiger partial charge in [0, 0.05) is 6.54 Å². The first-order valence-electron chi connectivity index (χ1n) is 6.55. The zero-order valence-electron chi connectivity index (χ0n) is 10.7. The van der Waals surface area contributed by atoms with Crippen molar-refractivity contribution < 1.29 is 4.74 Å². The summed E-state index contributed by atoms with van der Waals surface area (Å²) in [6, 6.07) is 0. The van der Waals surface area contributed by atoms with E-state index in [-0.39, 0.29) is 0 Å². The van der Waals surface area contributed by atoms with Gasteiger partial charge in [-0.15, -0.1) is 0 Å². The van der Waals surface area contributed by atoms with Crippen molar-refractivity contribution >= 4 is 5.82 Å². The third kappa shape index (κ3) is 3.32. The lowest BCUT2D eigenvalue weighted by Crippen LogP contribution is -2.09. The lowest BCUT2D eigenvalue weighted by molar-refractivity contribution is 0.285. The van der Waals surface area contributed by atoms with Crippen LogP contribution in [0.25, 0.3) is 0 Å². The fraction of sp³-hybridized carbons (Fsp3) is 0.692. The largest absolute Gasteiger partial charge is 0.477 e. The van der Waals surface area contributed by atoms with Gasteiger partial charge in [-0.25, -0.2) is 9.97 Å². The number of hydrogen-bond acceptors (Lipinski definition) is 4. The molecule has 4 nitrogen and oxygen atoms in total. The van der Waals surface area contributed by atoms with Gasteiger partial charge in [0.15, 0.2) is 0 Å². The van der Waals surface area contributed by atoms with E-state index in [1.54, 1.807) is 6.33 Å². The maximum atomic E-state index is 5.81. The summed E-state index contributed by atoms with van der Waals surface area (Å²) in [7, 11) is 0. The molecule has 94 valence electrons. The van der Waals surface area contributed by atoms with Crippen LogP contribution in [0.5, 0.6) is 5.88 Å². The van der Waals surface area contributed by atoms with Crippen molar-refractivity contribution in [2.75, 3.05) is 18.5 Å². The fourth-order valence-electron chi connectivity index (χ4n) is 1.80. The minimum atomic E-state index is 0.752. The van der Waals surface area contributed by atoms with E-state index >= 15 is 0 Å². The van der Waals surface area contributed by atoms with Crippen LogP contribution in [0, 0.1) is 5.92 Å². The average molecular weight is 235 g/mol. The Balaban J connectivity index is 2.11. The molecule has 0 atom stereocenters. The molecule has 0 unspecified atom stereocenters. The third-order valence-corrected chi connectivity index (χ3v) is 2.90. The summed E-state index contributed by atoms with van der Waals surface area (Å²) in [4.78, 5) is 8.55. The number of ether oxygens (including phenoxy) is 1. The molecule has 1 aliphatic rings. The SMILES string of the molecule is CCCc1c(NCC)ncnc1OCC1CC1. The van der Waals surface area contributed by atoms with E-state index in [1.807, 2.05) is 0 Å². The summed E-state index contributed by atoms with van der Waals surface area (Å²) in [6.07, 6.45) is 6.22. The van der Waals surface area contributed by atoms with Gasteiger partial charge in [0.2, 0.25) is 5.88 Å². The van der Waals surface area contributed by atoms with Gasteiger partial charge in [0.1, 0.15) is 12.1 Å². The second kappa shape index (κ2) is 5.84. The summed E-state index contributed by atoms with van der Waals surface area (Å²) in [5.41, 5.74) is 1.12. The molecule has 1 fully saturated rings. The standard InChI is InChI=1S/C13H21N3O/c1-3-5-11-12(14-4-2)15-9-16-13(11)17-8-10-6-7-10/h9-10H,3-8H2,1-2H3,(H,14,15,16). The number of nitrogens with one attached hydrogen (secondary N) is 1. The van der Waals surface area contributed by atoms with Crippen molar-refractivity contribution in [1.82, 2.24) is 9.97 Å². The maximum Gasteiger partial charge on any atom is 0.221 e. The molecule has 1 saturated carbocycles. The fourth-order valence-corrected chi connectivity index (χ4v) is 1.80. The van der Waals surface area contributed by atoms with Crippen molar-refractivity contribution in [2.24, 2.45) is 5.92 Å². The molecule has 1 aliphatic carbocycles. The first kappa shape index (κ1) is 12.1. The van der Waals surface area contributed by atoms with Crippen molar-refractivity contribution in [3.05, 3.63) is 11.9 Å². The van der Waals surface area contributed by atoms with Crippen molar-refractivity contribution in [3.8, 4) is 5.88 Å². The second-order valence-electron chi connectivity index (χ2n) is 4.54. The van der Waals surface area contributed by atoms with Crippen LogP contribution in [0.3, 0.4) is 0 Å². The Hall–Kier alpha value is -1.32. The van der Waals surface area contributed by atoms with Gasteiger partial charge in [-0.2, -0.15) is 0 Å². The van der Waals surface area contributed by atoms with E-state index in [2.05, 4.69) is 29.1 Å². The second-order valence-corrected chi connectivity index (χ2v) is 4.54. The predicted octanol–water partition coefficient (Wildman–Crippen LogP) is 2.65. The minimum absolute atomic E-state index is 0.752. The minimum Gasteiger partial charge on any atom is -0.477 e. The molecule has 0 spiro atoms. The van der Waals surface area contributed by atoms with Crippen LogP contribution in [0.2, 0.25) is 0 Å². The summed E-state index contributed by atoms with van der Waals surface area (Å²) >= 11 is 0. The molecule has 0 bridgehead atoms. The van der Waals surface area contributed by atoms with Crippen LogP contribution in [0.1, 0.15) is 38.7 Å². The highest BCUT2D eigenvalue weighted by molar-refractivity contribution is 5.48. The number of anilines is 1. The predicted molar refractivity (Wildman–Crippen MR) is 68.4 cm³/mol. The average Bonchev–Trinajstić information content (AvgIpc) is 3.14. The quantitative estimate of drug-likeness (QED) is 0.789. The van der Waals surface area contributed by atoms with Gasteiger partial charge in [-0.05, 0) is 32.1 Å². The maximum absolute atomic E-state index is 5.81. The van der Waals surface area contributed by atoms with E-state index in [4.69, 9.17) is 4.74 Å². The lowest BCUT2D eigenvalue weighted by Gasteiger charge is -2.13. The molecule has 2 rings (SSSR count). The summed E-state index contributed by atoms with van der Waals surface area (Å²) < 4.78 is 5.81. The summed E-state index contributed by atoms with van der Waals surface area (Å²) in [6.45, 7) is 5.91. The van der Waals surface area contributed by atoms with Crippen LogP contribution < -0.4 is 10.1 Å². The van der Waals surface area contributed by atoms with E-state index in [0.717, 1.165) is 49.2 Å². The summed E-state index contributed by atoms with van der Waals surface area (Å²) in [5.74, 6) is 2.45. The Labute approximate surface area is 103 Å². The summed E-state index contributed by atoms with van der Waals surface area (Å²) in [5, 5.41) is 3.27. The third-order valence-electron chi connectivity index (χ3n) is 2.90. The van der Waals surface area contributed by atoms with Gasteiger partial charge < -0.3 is 10.1 Å². The van der Waals surface area contributed by atoms with E-state index in [0.29, 0.717) is 0 Å². The Morgan fingerprint density at radius 2 is 2.18 bits per heavy atom. The molecule has 0 aromatic carbocycles. The molecule has 4 heteroatoms. The molecular formula is C13H21N3O. The van der Waals surface area contributed by atoms with E-state index in [1.165, 1.54) is 12.8 Å². The molecule has 1 heterocycles. The molecule has 1 N–H and O–H groups in total. The van der Waals surface area contributed by atoms with Gasteiger partial charge in [-0.3, -0.25) is 0 Å². The van der Waals surface area contributed by atoms with Crippen LogP contribution >= 0.6 is 0 Å². The van der Waals surface area contributed by atoms with Gasteiger partial charge in [-0.1, -0.05) is 13.3 Å². The molecule has 1 aromatic rings. The zero-order chi connectivity index (χ0) is 12.1. The van der Waals surface area contributed by atoms with E-state index < -0.39 is 0 Å². The highest BCUT2D eigenvalue weighted by Crippen LogP contribution is 2.31. The van der Waals surface area contributed by atoms with Gasteiger partial charge >= 0.3 is 0 Å². The zero-order valence-corrected chi connectivity index (χ0v) is 10.7. The van der Waals surface area contributed by atoms with Crippen molar-refractivity contribution in [3.63, 3.8) is 0 Å². The Bertz CT molecular complexity index is 364. The highest BCUT2D eigenvalue weighted by Gasteiger charge is 2.23. The molecule has 1 aromatic heterocycles. The Morgan fingerprint density at radius 1 is 1.35 bits per heavy atom. The first-order chi connectivity index (χ1) is 8.35. The molecule has 17 heavy (non-hydrogen) atoms. The van der Waals surface area contributed by atoms with Crippen LogP contribution in [-0.4, -0.2) is 23.1 Å². The van der Waals surface area contributed by atoms with Crippen LogP contribution in [0.15, 0.2) is 6.33 Å². The Morgan fingerprint density at radius 3 is 2.82 bits per heavy atom. The smallest absolute Gasteiger partial charge is 0.221 e. The van der Waals surface area contributed by atoms with Gasteiger partial charge in [0.25, 0.3) is 0 Å². The number of aromatic nitrogens is 2. The van der Waals surface area contributed by atoms with Gasteiger partial charge in [0.05, 0.1) is 12.2 Å².